The Hall–Kier alpha value is -0.320. The second kappa shape index (κ2) is 25.3. The van der Waals surface area contributed by atoms with Gasteiger partial charge in [-0.25, -0.2) is 0 Å². The summed E-state index contributed by atoms with van der Waals surface area (Å²) in [4.78, 5) is 0. The van der Waals surface area contributed by atoms with Crippen molar-refractivity contribution in [3.63, 3.8) is 0 Å². The highest BCUT2D eigenvalue weighted by molar-refractivity contribution is 4.79. The summed E-state index contributed by atoms with van der Waals surface area (Å²) in [5.74, 6) is 0. The van der Waals surface area contributed by atoms with Crippen LogP contribution < -0.4 is 0 Å². The van der Waals surface area contributed by atoms with Gasteiger partial charge in [0.25, 0.3) is 0 Å². The van der Waals surface area contributed by atoms with Gasteiger partial charge in [-0.3, -0.25) is 0 Å². The van der Waals surface area contributed by atoms with E-state index in [4.69, 9.17) is 37.9 Å². The van der Waals surface area contributed by atoms with E-state index in [1.165, 1.54) is 0 Å². The highest BCUT2D eigenvalue weighted by Crippen LogP contribution is 2.21. The monoisotopic (exact) mass is 466 g/mol. The molecule has 0 radical (unpaired) electrons. The molecule has 8 heteroatoms. The first-order valence-electron chi connectivity index (χ1n) is 12.4. The van der Waals surface area contributed by atoms with Crippen LogP contribution in [0.3, 0.4) is 0 Å². The Morgan fingerprint density at radius 2 is 0.625 bits per heavy atom. The van der Waals surface area contributed by atoms with Gasteiger partial charge in [-0.05, 0) is 26.2 Å². The largest absolute Gasteiger partial charge is 0.379 e. The van der Waals surface area contributed by atoms with Gasteiger partial charge in [-0.2, -0.15) is 0 Å². The Balaban J connectivity index is 4.72. The maximum atomic E-state index is 5.96. The predicted molar refractivity (Wildman–Crippen MR) is 126 cm³/mol. The Morgan fingerprint density at radius 3 is 0.906 bits per heavy atom. The predicted octanol–water partition coefficient (Wildman–Crippen LogP) is 3.36. The standard InChI is InChI=1S/C24H50O8/c1-5-9-26-13-17-30-21-24(20-29-16-12-25-8-4,22-31-18-14-27-10-6-2)23-32-19-15-28-11-7-3/h5-23H2,1-4H3. The molecule has 32 heavy (non-hydrogen) atoms. The van der Waals surface area contributed by atoms with E-state index in [0.29, 0.717) is 85.9 Å². The molecule has 0 aliphatic rings. The average Bonchev–Trinajstić information content (AvgIpc) is 2.80. The van der Waals surface area contributed by atoms with E-state index in [1.54, 1.807) is 0 Å². The van der Waals surface area contributed by atoms with Crippen LogP contribution in [0.4, 0.5) is 0 Å². The van der Waals surface area contributed by atoms with Crippen molar-refractivity contribution in [2.75, 3.05) is 106 Å². The average molecular weight is 467 g/mol. The molecule has 0 aromatic rings. The molecule has 0 rings (SSSR count). The van der Waals surface area contributed by atoms with Crippen LogP contribution in [-0.2, 0) is 37.9 Å². The van der Waals surface area contributed by atoms with Gasteiger partial charge in [0.1, 0.15) is 0 Å². The van der Waals surface area contributed by atoms with Gasteiger partial charge < -0.3 is 37.9 Å². The fourth-order valence-electron chi connectivity index (χ4n) is 2.76. The minimum Gasteiger partial charge on any atom is -0.379 e. The molecule has 0 aliphatic heterocycles. The molecule has 0 spiro atoms. The zero-order valence-electron chi connectivity index (χ0n) is 21.2. The van der Waals surface area contributed by atoms with E-state index in [1.807, 2.05) is 6.92 Å². The summed E-state index contributed by atoms with van der Waals surface area (Å²) in [6.07, 6.45) is 3.00. The minimum absolute atomic E-state index is 0.424. The molecule has 0 unspecified atom stereocenters. The van der Waals surface area contributed by atoms with Crippen molar-refractivity contribution >= 4 is 0 Å². The van der Waals surface area contributed by atoms with E-state index in [2.05, 4.69) is 20.8 Å². The summed E-state index contributed by atoms with van der Waals surface area (Å²) in [6.45, 7) is 17.4. The van der Waals surface area contributed by atoms with Gasteiger partial charge >= 0.3 is 0 Å². The molecule has 0 N–H and O–H groups in total. The summed E-state index contributed by atoms with van der Waals surface area (Å²) in [7, 11) is 0. The summed E-state index contributed by atoms with van der Waals surface area (Å²) in [5.41, 5.74) is -0.424. The minimum atomic E-state index is -0.424. The maximum Gasteiger partial charge on any atom is 0.0700 e. The van der Waals surface area contributed by atoms with Crippen molar-refractivity contribution in [3.05, 3.63) is 0 Å². The van der Waals surface area contributed by atoms with Crippen LogP contribution in [0.5, 0.6) is 0 Å². The fraction of sp³-hybridized carbons (Fsp3) is 1.00. The Morgan fingerprint density at radius 1 is 0.344 bits per heavy atom. The van der Waals surface area contributed by atoms with Crippen molar-refractivity contribution in [2.45, 2.75) is 47.0 Å². The second-order valence-electron chi connectivity index (χ2n) is 7.74. The highest BCUT2D eigenvalue weighted by Gasteiger charge is 2.32. The van der Waals surface area contributed by atoms with Crippen molar-refractivity contribution in [1.82, 2.24) is 0 Å². The highest BCUT2D eigenvalue weighted by atomic mass is 16.6. The number of hydrogen-bond acceptors (Lipinski definition) is 8. The molecular weight excluding hydrogens is 416 g/mol. The molecule has 8 nitrogen and oxygen atoms in total. The lowest BCUT2D eigenvalue weighted by molar-refractivity contribution is -0.121. The Kier molecular flexibility index (Phi) is 25.1. The summed E-state index contributed by atoms with van der Waals surface area (Å²) in [6, 6.07) is 0. The van der Waals surface area contributed by atoms with Gasteiger partial charge in [0.15, 0.2) is 0 Å². The van der Waals surface area contributed by atoms with Crippen LogP contribution in [-0.4, -0.2) is 106 Å². The Labute approximate surface area is 196 Å². The lowest BCUT2D eigenvalue weighted by Crippen LogP contribution is -2.42. The van der Waals surface area contributed by atoms with Crippen molar-refractivity contribution < 1.29 is 37.9 Å². The third kappa shape index (κ3) is 20.3. The third-order valence-electron chi connectivity index (χ3n) is 4.37. The maximum absolute atomic E-state index is 5.96. The molecule has 194 valence electrons. The van der Waals surface area contributed by atoms with E-state index in [0.717, 1.165) is 39.1 Å². The Bertz CT molecular complexity index is 316. The van der Waals surface area contributed by atoms with E-state index >= 15 is 0 Å². The summed E-state index contributed by atoms with van der Waals surface area (Å²) >= 11 is 0. The molecule has 0 bridgehead atoms. The number of hydrogen-bond donors (Lipinski definition) is 0. The second-order valence-corrected chi connectivity index (χ2v) is 7.74. The molecule has 0 heterocycles. The summed E-state index contributed by atoms with van der Waals surface area (Å²) < 4.78 is 45.8. The SMILES string of the molecule is CCCOCCOCC(COCCOCC)(COCCOCCC)COCCOCCC. The quantitative estimate of drug-likeness (QED) is 0.171. The smallest absolute Gasteiger partial charge is 0.0700 e. The zero-order chi connectivity index (χ0) is 23.6. The van der Waals surface area contributed by atoms with Crippen LogP contribution in [0, 0.1) is 5.41 Å². The molecule has 0 atom stereocenters. The van der Waals surface area contributed by atoms with E-state index < -0.39 is 5.41 Å². The molecule has 0 saturated heterocycles. The first-order valence-corrected chi connectivity index (χ1v) is 12.4. The van der Waals surface area contributed by atoms with Crippen LogP contribution in [0.15, 0.2) is 0 Å². The van der Waals surface area contributed by atoms with Crippen molar-refractivity contribution in [2.24, 2.45) is 5.41 Å². The molecule has 0 saturated carbocycles. The van der Waals surface area contributed by atoms with Gasteiger partial charge in [0, 0.05) is 26.4 Å². The van der Waals surface area contributed by atoms with E-state index in [9.17, 15) is 0 Å². The first kappa shape index (κ1) is 31.7. The van der Waals surface area contributed by atoms with Crippen LogP contribution >= 0.6 is 0 Å². The van der Waals surface area contributed by atoms with Crippen molar-refractivity contribution in [1.29, 1.82) is 0 Å². The third-order valence-corrected chi connectivity index (χ3v) is 4.37. The lowest BCUT2D eigenvalue weighted by Gasteiger charge is -2.33. The zero-order valence-corrected chi connectivity index (χ0v) is 21.2. The van der Waals surface area contributed by atoms with Gasteiger partial charge in [0.2, 0.25) is 0 Å². The molecule has 0 aliphatic carbocycles. The van der Waals surface area contributed by atoms with Crippen molar-refractivity contribution in [3.8, 4) is 0 Å². The molecule has 0 amide bonds. The van der Waals surface area contributed by atoms with Crippen LogP contribution in [0.1, 0.15) is 47.0 Å². The van der Waals surface area contributed by atoms with Crippen LogP contribution in [0.25, 0.3) is 0 Å². The van der Waals surface area contributed by atoms with Crippen LogP contribution in [0.2, 0.25) is 0 Å². The van der Waals surface area contributed by atoms with E-state index in [-0.39, 0.29) is 0 Å². The molecular formula is C24H50O8. The molecule has 0 aromatic heterocycles. The first-order chi connectivity index (χ1) is 15.7. The van der Waals surface area contributed by atoms with Gasteiger partial charge in [-0.15, -0.1) is 0 Å². The normalized spacial score (nSPS) is 12.0. The van der Waals surface area contributed by atoms with Gasteiger partial charge in [0.05, 0.1) is 84.7 Å². The molecule has 0 aromatic carbocycles. The summed E-state index contributed by atoms with van der Waals surface area (Å²) in [5, 5.41) is 0. The fourth-order valence-corrected chi connectivity index (χ4v) is 2.76. The van der Waals surface area contributed by atoms with Gasteiger partial charge in [-0.1, -0.05) is 20.8 Å². The topological polar surface area (TPSA) is 73.8 Å². The molecule has 0 fully saturated rings. The lowest BCUT2D eigenvalue weighted by atomic mass is 9.92. The number of ether oxygens (including phenoxy) is 8. The number of rotatable bonds is 27.